The van der Waals surface area contributed by atoms with Gasteiger partial charge in [-0.25, -0.2) is 4.98 Å². The van der Waals surface area contributed by atoms with Gasteiger partial charge in [-0.1, -0.05) is 59.9 Å². The monoisotopic (exact) mass is 507 g/mol. The maximum Gasteiger partial charge on any atom is 0.185 e. The van der Waals surface area contributed by atoms with Crippen LogP contribution in [-0.4, -0.2) is 9.97 Å². The van der Waals surface area contributed by atoms with Gasteiger partial charge in [-0.15, -0.1) is 0 Å². The van der Waals surface area contributed by atoms with Gasteiger partial charge in [0, 0.05) is 12.4 Å². The molecule has 0 unspecified atom stereocenters. The van der Waals surface area contributed by atoms with Crippen molar-refractivity contribution in [2.45, 2.75) is 10.5 Å². The van der Waals surface area contributed by atoms with Crippen LogP contribution in [0.25, 0.3) is 32.1 Å². The molecule has 0 spiro atoms. The molecule has 5 aromatic rings. The molecule has 0 aliphatic rings. The number of nitrogens with one attached hydrogen (secondary N) is 1. The molecule has 1 N–H and O–H groups in total. The summed E-state index contributed by atoms with van der Waals surface area (Å²) in [7, 11) is 0. The Hall–Kier alpha value is -2.51. The fourth-order valence-corrected chi connectivity index (χ4v) is 5.53. The molecule has 0 amide bonds. The molecule has 2 aromatic heterocycles. The second-order valence-electron chi connectivity index (χ2n) is 7.09. The maximum absolute atomic E-state index is 4.83. The molecule has 3 aromatic carbocycles. The zero-order valence-electron chi connectivity index (χ0n) is 15.8. The highest BCUT2D eigenvalue weighted by atomic mass is 127. The number of benzene rings is 3. The second kappa shape index (κ2) is 7.39. The van der Waals surface area contributed by atoms with Gasteiger partial charge in [-0.05, 0) is 81.2 Å². The van der Waals surface area contributed by atoms with Crippen LogP contribution in [0, 0.1) is 0 Å². The molecule has 2 heterocycles. The van der Waals surface area contributed by atoms with Gasteiger partial charge in [0.15, 0.2) is 5.13 Å². The van der Waals surface area contributed by atoms with Gasteiger partial charge in [0.25, 0.3) is 0 Å². The van der Waals surface area contributed by atoms with Crippen molar-refractivity contribution >= 4 is 60.0 Å². The summed E-state index contributed by atoms with van der Waals surface area (Å²) in [5.74, 6) is 0. The van der Waals surface area contributed by atoms with E-state index in [0.29, 0.717) is 0 Å². The predicted molar refractivity (Wildman–Crippen MR) is 132 cm³/mol. The fourth-order valence-electron chi connectivity index (χ4n) is 3.60. The first-order valence-electron chi connectivity index (χ1n) is 9.36. The summed E-state index contributed by atoms with van der Waals surface area (Å²) in [6.45, 7) is 2.20. The summed E-state index contributed by atoms with van der Waals surface area (Å²) in [6.07, 6.45) is 3.65. The third-order valence-electron chi connectivity index (χ3n) is 5.04. The Morgan fingerprint density at radius 2 is 1.69 bits per heavy atom. The molecule has 0 aliphatic carbocycles. The Morgan fingerprint density at radius 1 is 0.897 bits per heavy atom. The van der Waals surface area contributed by atoms with E-state index in [9.17, 15) is 0 Å². The van der Waals surface area contributed by atoms with Crippen LogP contribution in [0.2, 0.25) is 0 Å². The van der Waals surface area contributed by atoms with E-state index in [0.717, 1.165) is 10.6 Å². The average molecular weight is 507 g/mol. The molecular weight excluding hydrogens is 489 g/mol. The summed E-state index contributed by atoms with van der Waals surface area (Å²) in [4.78, 5) is 8.94. The molecule has 1 atom stereocenters. The molecule has 0 radical (unpaired) electrons. The van der Waals surface area contributed by atoms with Gasteiger partial charge in [0.1, 0.15) is 3.55 Å². The van der Waals surface area contributed by atoms with E-state index in [1.54, 1.807) is 11.3 Å². The van der Waals surface area contributed by atoms with Crippen LogP contribution in [0.5, 0.6) is 0 Å². The van der Waals surface area contributed by atoms with Crippen molar-refractivity contribution in [3.05, 3.63) is 90.8 Å². The Balaban J connectivity index is 1.51. The summed E-state index contributed by atoms with van der Waals surface area (Å²) in [5.41, 5.74) is 4.62. The van der Waals surface area contributed by atoms with Gasteiger partial charge in [0.05, 0.1) is 10.2 Å². The third kappa shape index (κ3) is 3.60. The first-order chi connectivity index (χ1) is 14.1. The zero-order chi connectivity index (χ0) is 19.8. The van der Waals surface area contributed by atoms with E-state index in [4.69, 9.17) is 4.98 Å². The van der Waals surface area contributed by atoms with Crippen LogP contribution in [0.15, 0.2) is 85.2 Å². The summed E-state index contributed by atoms with van der Waals surface area (Å²) >= 11 is 4.17. The minimum absolute atomic E-state index is 0.277. The lowest BCUT2D eigenvalue weighted by molar-refractivity contribution is 0.853. The first kappa shape index (κ1) is 18.5. The van der Waals surface area contributed by atoms with Gasteiger partial charge in [-0.2, -0.15) is 0 Å². The van der Waals surface area contributed by atoms with Crippen molar-refractivity contribution in [3.63, 3.8) is 0 Å². The molecule has 0 fully saturated rings. The van der Waals surface area contributed by atoms with E-state index in [1.807, 2.05) is 24.5 Å². The number of aromatic nitrogens is 2. The number of rotatable bonds is 4. The number of hydrogen-bond donors (Lipinski definition) is 1. The zero-order valence-corrected chi connectivity index (χ0v) is 18.7. The highest BCUT2D eigenvalue weighted by Gasteiger charge is 2.26. The molecule has 0 bridgehead atoms. The fraction of sp³-hybridized carbons (Fsp3) is 0.0833. The second-order valence-corrected chi connectivity index (χ2v) is 10.3. The molecule has 142 valence electrons. The lowest BCUT2D eigenvalue weighted by Gasteiger charge is -2.26. The van der Waals surface area contributed by atoms with Crippen LogP contribution in [0.4, 0.5) is 5.13 Å². The SMILES string of the molecule is C[C@@](I)(Nc1nc2ccc(-c3ccncc3)cc2s1)c1cccc2ccccc12. The number of alkyl halides is 1. The van der Waals surface area contributed by atoms with E-state index in [-0.39, 0.29) is 3.55 Å². The average Bonchev–Trinajstić information content (AvgIpc) is 3.14. The van der Waals surface area contributed by atoms with E-state index < -0.39 is 0 Å². The molecule has 0 saturated carbocycles. The van der Waals surface area contributed by atoms with Crippen LogP contribution < -0.4 is 5.32 Å². The third-order valence-corrected chi connectivity index (χ3v) is 6.82. The minimum Gasteiger partial charge on any atom is -0.343 e. The molecule has 29 heavy (non-hydrogen) atoms. The van der Waals surface area contributed by atoms with Crippen molar-refractivity contribution in [3.8, 4) is 11.1 Å². The van der Waals surface area contributed by atoms with Gasteiger partial charge >= 0.3 is 0 Å². The Morgan fingerprint density at radius 3 is 2.55 bits per heavy atom. The number of halogens is 1. The molecule has 3 nitrogen and oxygen atoms in total. The summed E-state index contributed by atoms with van der Waals surface area (Å²) in [5, 5.41) is 7.10. The summed E-state index contributed by atoms with van der Waals surface area (Å²) < 4.78 is 0.896. The molecule has 0 aliphatic heterocycles. The Bertz CT molecular complexity index is 1310. The van der Waals surface area contributed by atoms with Crippen LogP contribution in [0.3, 0.4) is 0 Å². The van der Waals surface area contributed by atoms with Crippen molar-refractivity contribution in [2.24, 2.45) is 0 Å². The number of nitrogens with zero attached hydrogens (tertiary/aromatic N) is 2. The lowest BCUT2D eigenvalue weighted by Crippen LogP contribution is -2.24. The predicted octanol–water partition coefficient (Wildman–Crippen LogP) is 7.23. The van der Waals surface area contributed by atoms with Crippen LogP contribution in [0.1, 0.15) is 12.5 Å². The Labute approximate surface area is 187 Å². The molecule has 0 saturated heterocycles. The lowest BCUT2D eigenvalue weighted by atomic mass is 10.00. The smallest absolute Gasteiger partial charge is 0.185 e. The van der Waals surface area contributed by atoms with Crippen molar-refractivity contribution in [1.82, 2.24) is 9.97 Å². The standard InChI is InChI=1S/C24H18IN3S/c1-24(25,20-8-4-6-17-5-2-3-7-19(17)20)28-23-27-21-10-9-18(15-22(21)29-23)16-11-13-26-14-12-16/h2-15H,1H3,(H,27,28)/t24-/m1/s1. The first-order valence-corrected chi connectivity index (χ1v) is 11.3. The number of hydrogen-bond acceptors (Lipinski definition) is 4. The number of thiazole rings is 1. The highest BCUT2D eigenvalue weighted by Crippen LogP contribution is 2.39. The quantitative estimate of drug-likeness (QED) is 0.158. The largest absolute Gasteiger partial charge is 0.343 e. The van der Waals surface area contributed by atoms with Crippen molar-refractivity contribution in [1.29, 1.82) is 0 Å². The number of fused-ring (bicyclic) bond motifs is 2. The van der Waals surface area contributed by atoms with Crippen molar-refractivity contribution in [2.75, 3.05) is 5.32 Å². The Kier molecular flexibility index (Phi) is 4.72. The van der Waals surface area contributed by atoms with E-state index >= 15 is 0 Å². The van der Waals surface area contributed by atoms with Crippen LogP contribution >= 0.6 is 33.9 Å². The molecular formula is C24H18IN3S. The van der Waals surface area contributed by atoms with Gasteiger partial charge in [-0.3, -0.25) is 4.98 Å². The van der Waals surface area contributed by atoms with Gasteiger partial charge < -0.3 is 5.32 Å². The van der Waals surface area contributed by atoms with Crippen molar-refractivity contribution < 1.29 is 0 Å². The van der Waals surface area contributed by atoms with E-state index in [1.165, 1.54) is 32.2 Å². The highest BCUT2D eigenvalue weighted by molar-refractivity contribution is 14.1. The molecule has 5 rings (SSSR count). The molecule has 5 heteroatoms. The maximum atomic E-state index is 4.83. The number of pyridine rings is 1. The summed E-state index contributed by atoms with van der Waals surface area (Å²) in [6, 6.07) is 25.5. The van der Waals surface area contributed by atoms with Crippen LogP contribution in [-0.2, 0) is 3.55 Å². The number of anilines is 1. The normalized spacial score (nSPS) is 13.4. The topological polar surface area (TPSA) is 37.8 Å². The van der Waals surface area contributed by atoms with Gasteiger partial charge in [0.2, 0.25) is 0 Å². The van der Waals surface area contributed by atoms with E-state index in [2.05, 4.69) is 100 Å². The minimum atomic E-state index is -0.277.